The van der Waals surface area contributed by atoms with Crippen LogP contribution in [0.5, 0.6) is 11.5 Å². The summed E-state index contributed by atoms with van der Waals surface area (Å²) < 4.78 is 6.05. The van der Waals surface area contributed by atoms with Crippen LogP contribution in [0.1, 0.15) is 59.7 Å². The molecule has 0 atom stereocenters. The fourth-order valence-electron chi connectivity index (χ4n) is 4.36. The highest BCUT2D eigenvalue weighted by Crippen LogP contribution is 2.51. The maximum atomic E-state index is 13.0. The Morgan fingerprint density at radius 3 is 1.81 bits per heavy atom. The molecule has 0 aromatic heterocycles. The first-order chi connectivity index (χ1) is 14.6. The summed E-state index contributed by atoms with van der Waals surface area (Å²) in [6, 6.07) is 11.2. The van der Waals surface area contributed by atoms with Gasteiger partial charge in [0.25, 0.3) is 0 Å². The molecule has 0 saturated carbocycles. The normalized spacial score (nSPS) is 14.3. The van der Waals surface area contributed by atoms with Gasteiger partial charge in [-0.05, 0) is 74.2 Å². The van der Waals surface area contributed by atoms with Crippen molar-refractivity contribution in [2.45, 2.75) is 33.3 Å². The van der Waals surface area contributed by atoms with E-state index in [2.05, 4.69) is 0 Å². The molecular formula is C25H22O6. The first kappa shape index (κ1) is 20.5. The van der Waals surface area contributed by atoms with Crippen LogP contribution in [0.4, 0.5) is 0 Å². The highest BCUT2D eigenvalue weighted by molar-refractivity contribution is 5.99. The number of aryl methyl sites for hydroxylation is 2. The number of carbonyl (C=O) groups excluding carboxylic acids is 1. The predicted octanol–water partition coefficient (Wildman–Crippen LogP) is 4.49. The average molecular weight is 418 g/mol. The fraction of sp³-hybridized carbons (Fsp3) is 0.200. The van der Waals surface area contributed by atoms with Gasteiger partial charge in [-0.1, -0.05) is 18.2 Å². The lowest BCUT2D eigenvalue weighted by Gasteiger charge is -2.34. The zero-order valence-corrected chi connectivity index (χ0v) is 17.6. The maximum absolute atomic E-state index is 13.0. The molecule has 3 N–H and O–H groups in total. The number of phenolic OH excluding ortho intramolecular Hbond substituents is 2. The van der Waals surface area contributed by atoms with Gasteiger partial charge in [0.2, 0.25) is 0 Å². The van der Waals surface area contributed by atoms with E-state index in [0.717, 1.165) is 11.1 Å². The molecule has 0 amide bonds. The van der Waals surface area contributed by atoms with Crippen molar-refractivity contribution in [3.05, 3.63) is 92.5 Å². The van der Waals surface area contributed by atoms with E-state index in [-0.39, 0.29) is 22.6 Å². The molecule has 6 heteroatoms. The molecule has 0 spiro atoms. The summed E-state index contributed by atoms with van der Waals surface area (Å²) in [6.45, 7) is 7.10. The number of ether oxygens (including phenoxy) is 1. The molecule has 1 aliphatic rings. The smallest absolute Gasteiger partial charge is 0.340 e. The second-order valence-corrected chi connectivity index (χ2v) is 8.05. The van der Waals surface area contributed by atoms with E-state index >= 15 is 0 Å². The minimum Gasteiger partial charge on any atom is -0.508 e. The van der Waals surface area contributed by atoms with Gasteiger partial charge in [-0.3, -0.25) is 0 Å². The molecule has 0 aliphatic carbocycles. The zero-order chi connectivity index (χ0) is 22.7. The van der Waals surface area contributed by atoms with Crippen molar-refractivity contribution in [2.24, 2.45) is 0 Å². The number of phenols is 2. The Kier molecular flexibility index (Phi) is 4.54. The topological polar surface area (TPSA) is 104 Å². The molecule has 6 nitrogen and oxygen atoms in total. The van der Waals surface area contributed by atoms with E-state index in [1.165, 1.54) is 12.1 Å². The molecule has 3 aromatic carbocycles. The number of carboxylic acid groups (broad SMARTS) is 1. The Bertz CT molecular complexity index is 1210. The number of carboxylic acids is 1. The van der Waals surface area contributed by atoms with Gasteiger partial charge in [0, 0.05) is 16.7 Å². The first-order valence-corrected chi connectivity index (χ1v) is 9.78. The molecular weight excluding hydrogens is 396 g/mol. The van der Waals surface area contributed by atoms with Gasteiger partial charge in [-0.2, -0.15) is 0 Å². The molecule has 0 radical (unpaired) electrons. The summed E-state index contributed by atoms with van der Waals surface area (Å²) in [4.78, 5) is 24.5. The van der Waals surface area contributed by atoms with Crippen LogP contribution < -0.4 is 0 Å². The Morgan fingerprint density at radius 1 is 0.806 bits per heavy atom. The van der Waals surface area contributed by atoms with Crippen molar-refractivity contribution in [1.29, 1.82) is 0 Å². The van der Waals surface area contributed by atoms with Crippen molar-refractivity contribution >= 4 is 11.9 Å². The van der Waals surface area contributed by atoms with Crippen LogP contribution in [0.15, 0.2) is 42.5 Å². The van der Waals surface area contributed by atoms with E-state index in [0.29, 0.717) is 27.8 Å². The largest absolute Gasteiger partial charge is 0.508 e. The number of fused-ring (bicyclic) bond motifs is 1. The number of aromatic carboxylic acids is 1. The number of cyclic esters (lactones) is 1. The number of aromatic hydroxyl groups is 2. The predicted molar refractivity (Wildman–Crippen MR) is 114 cm³/mol. The minimum absolute atomic E-state index is 0.0286. The van der Waals surface area contributed by atoms with E-state index in [1.54, 1.807) is 32.0 Å². The van der Waals surface area contributed by atoms with E-state index in [1.807, 2.05) is 26.0 Å². The molecule has 0 fully saturated rings. The summed E-state index contributed by atoms with van der Waals surface area (Å²) in [5.41, 5.74) is 2.79. The standard InChI is InChI=1S/C25H22O6/c1-12-7-19(14(3)21(26)9-12)25(20-8-13(2)10-22(27)15(20)4)18-6-5-16(23(28)29)11-17(18)24(30)31-25/h5-11,26-27H,1-4H3,(H,28,29). The van der Waals surface area contributed by atoms with Crippen LogP contribution in [0.3, 0.4) is 0 Å². The third-order valence-corrected chi connectivity index (χ3v) is 5.92. The van der Waals surface area contributed by atoms with Gasteiger partial charge in [0.05, 0.1) is 11.1 Å². The van der Waals surface area contributed by atoms with E-state index in [4.69, 9.17) is 4.74 Å². The number of rotatable bonds is 3. The molecule has 1 heterocycles. The minimum atomic E-state index is -1.45. The fourth-order valence-corrected chi connectivity index (χ4v) is 4.36. The molecule has 0 bridgehead atoms. The lowest BCUT2D eigenvalue weighted by Crippen LogP contribution is -2.31. The molecule has 158 valence electrons. The molecule has 1 aliphatic heterocycles. The quantitative estimate of drug-likeness (QED) is 0.542. The molecule has 3 aromatic rings. The average Bonchev–Trinajstić information content (AvgIpc) is 3.00. The third kappa shape index (κ3) is 2.94. The lowest BCUT2D eigenvalue weighted by molar-refractivity contribution is 0.0246. The molecule has 4 rings (SSSR count). The third-order valence-electron chi connectivity index (χ3n) is 5.92. The van der Waals surface area contributed by atoms with Crippen molar-refractivity contribution in [2.75, 3.05) is 0 Å². The summed E-state index contributed by atoms with van der Waals surface area (Å²) in [5, 5.41) is 30.5. The number of hydrogen-bond donors (Lipinski definition) is 3. The Balaban J connectivity index is 2.18. The van der Waals surface area contributed by atoms with E-state index in [9.17, 15) is 24.9 Å². The van der Waals surface area contributed by atoms with Crippen molar-refractivity contribution in [3.63, 3.8) is 0 Å². The second kappa shape index (κ2) is 6.87. The van der Waals surface area contributed by atoms with Crippen molar-refractivity contribution in [3.8, 4) is 11.5 Å². The second-order valence-electron chi connectivity index (χ2n) is 8.05. The number of esters is 1. The van der Waals surface area contributed by atoms with Gasteiger partial charge >= 0.3 is 11.9 Å². The summed E-state index contributed by atoms with van der Waals surface area (Å²) in [5.74, 6) is -1.72. The molecule has 0 saturated heterocycles. The molecule has 0 unspecified atom stereocenters. The summed E-state index contributed by atoms with van der Waals surface area (Å²) in [6.07, 6.45) is 0. The van der Waals surface area contributed by atoms with Gasteiger partial charge in [-0.15, -0.1) is 0 Å². The first-order valence-electron chi connectivity index (χ1n) is 9.78. The highest BCUT2D eigenvalue weighted by atomic mass is 16.6. The number of hydrogen-bond acceptors (Lipinski definition) is 5. The zero-order valence-electron chi connectivity index (χ0n) is 17.6. The summed E-state index contributed by atoms with van der Waals surface area (Å²) in [7, 11) is 0. The highest BCUT2D eigenvalue weighted by Gasteiger charge is 2.51. The lowest BCUT2D eigenvalue weighted by atomic mass is 9.75. The SMILES string of the molecule is Cc1cc(O)c(C)c(C2(c3cc(C)cc(O)c3C)OC(=O)c3cc(C(=O)O)ccc32)c1. The molecule has 31 heavy (non-hydrogen) atoms. The maximum Gasteiger partial charge on any atom is 0.340 e. The Hall–Kier alpha value is -3.80. The monoisotopic (exact) mass is 418 g/mol. The van der Waals surface area contributed by atoms with Gasteiger partial charge in [0.1, 0.15) is 11.5 Å². The van der Waals surface area contributed by atoms with Crippen LogP contribution >= 0.6 is 0 Å². The van der Waals surface area contributed by atoms with Crippen LogP contribution in [-0.2, 0) is 10.3 Å². The number of benzene rings is 3. The Labute approximate surface area is 179 Å². The van der Waals surface area contributed by atoms with Gasteiger partial charge < -0.3 is 20.1 Å². The Morgan fingerprint density at radius 2 is 1.32 bits per heavy atom. The van der Waals surface area contributed by atoms with Crippen molar-refractivity contribution in [1.82, 2.24) is 0 Å². The summed E-state index contributed by atoms with van der Waals surface area (Å²) >= 11 is 0. The van der Waals surface area contributed by atoms with Crippen LogP contribution in [0.2, 0.25) is 0 Å². The van der Waals surface area contributed by atoms with Crippen molar-refractivity contribution < 1.29 is 29.6 Å². The van der Waals surface area contributed by atoms with Gasteiger partial charge in [-0.25, -0.2) is 9.59 Å². The van der Waals surface area contributed by atoms with Crippen LogP contribution in [-0.4, -0.2) is 27.3 Å². The van der Waals surface area contributed by atoms with Crippen LogP contribution in [0, 0.1) is 27.7 Å². The number of carbonyl (C=O) groups is 2. The van der Waals surface area contributed by atoms with Crippen LogP contribution in [0.25, 0.3) is 0 Å². The van der Waals surface area contributed by atoms with E-state index < -0.39 is 17.5 Å². The van der Waals surface area contributed by atoms with Gasteiger partial charge in [0.15, 0.2) is 5.60 Å².